The second-order valence-corrected chi connectivity index (χ2v) is 10.6. The molecule has 168 valence electrons. The second kappa shape index (κ2) is 9.35. The van der Waals surface area contributed by atoms with Crippen LogP contribution in [-0.4, -0.2) is 42.6 Å². The van der Waals surface area contributed by atoms with Crippen molar-refractivity contribution in [1.82, 2.24) is 9.29 Å². The van der Waals surface area contributed by atoms with Gasteiger partial charge in [0.2, 0.25) is 15.9 Å². The number of carbonyl (C=O) groups excluding carboxylic acids is 2. The van der Waals surface area contributed by atoms with Gasteiger partial charge < -0.3 is 5.32 Å². The van der Waals surface area contributed by atoms with Crippen LogP contribution >= 0.6 is 11.3 Å². The minimum Gasteiger partial charge on any atom is -0.326 e. The summed E-state index contributed by atoms with van der Waals surface area (Å²) in [6.07, 6.45) is 3.83. The summed E-state index contributed by atoms with van der Waals surface area (Å²) in [6.45, 7) is 2.50. The van der Waals surface area contributed by atoms with E-state index in [0.29, 0.717) is 35.0 Å². The summed E-state index contributed by atoms with van der Waals surface area (Å²) >= 11 is 1.29. The molecule has 2 N–H and O–H groups in total. The van der Waals surface area contributed by atoms with Gasteiger partial charge in [0.15, 0.2) is 5.13 Å². The zero-order valence-corrected chi connectivity index (χ0v) is 19.3. The van der Waals surface area contributed by atoms with Crippen molar-refractivity contribution in [2.24, 2.45) is 0 Å². The maximum atomic E-state index is 12.9. The van der Waals surface area contributed by atoms with Crippen molar-refractivity contribution in [2.45, 2.75) is 37.5 Å². The summed E-state index contributed by atoms with van der Waals surface area (Å²) in [5.41, 5.74) is 1.71. The van der Waals surface area contributed by atoms with Gasteiger partial charge in [0, 0.05) is 31.3 Å². The second-order valence-electron chi connectivity index (χ2n) is 7.68. The van der Waals surface area contributed by atoms with Gasteiger partial charge in [0.1, 0.15) is 0 Å². The minimum atomic E-state index is -3.56. The number of aromatic nitrogens is 1. The molecule has 2 aromatic carbocycles. The van der Waals surface area contributed by atoms with Gasteiger partial charge in [-0.3, -0.25) is 14.9 Å². The van der Waals surface area contributed by atoms with Gasteiger partial charge in [-0.15, -0.1) is 0 Å². The van der Waals surface area contributed by atoms with Crippen LogP contribution in [0.4, 0.5) is 10.8 Å². The lowest BCUT2D eigenvalue weighted by Crippen LogP contribution is -2.31. The average molecular weight is 473 g/mol. The fourth-order valence-corrected chi connectivity index (χ4v) is 6.06. The fraction of sp³-hybridized carbons (Fsp3) is 0.318. The summed E-state index contributed by atoms with van der Waals surface area (Å²) in [4.78, 5) is 28.5. The molecule has 0 spiro atoms. The third-order valence-electron chi connectivity index (χ3n) is 5.25. The number of sulfonamides is 1. The Morgan fingerprint density at radius 1 is 0.969 bits per heavy atom. The van der Waals surface area contributed by atoms with Crippen molar-refractivity contribution in [2.75, 3.05) is 23.7 Å². The highest BCUT2D eigenvalue weighted by molar-refractivity contribution is 7.89. The number of benzene rings is 2. The highest BCUT2D eigenvalue weighted by Crippen LogP contribution is 2.29. The van der Waals surface area contributed by atoms with Gasteiger partial charge in [0.05, 0.1) is 15.1 Å². The van der Waals surface area contributed by atoms with Crippen molar-refractivity contribution < 1.29 is 18.0 Å². The lowest BCUT2D eigenvalue weighted by Gasteiger charge is -2.20. The summed E-state index contributed by atoms with van der Waals surface area (Å²) in [5.74, 6) is -0.534. The Hall–Kier alpha value is -2.82. The maximum Gasteiger partial charge on any atom is 0.257 e. The number of hydrogen-bond donors (Lipinski definition) is 2. The van der Waals surface area contributed by atoms with Gasteiger partial charge in [0.25, 0.3) is 5.91 Å². The van der Waals surface area contributed by atoms with Crippen molar-refractivity contribution in [3.05, 3.63) is 48.0 Å². The monoisotopic (exact) mass is 472 g/mol. The summed E-state index contributed by atoms with van der Waals surface area (Å²) in [7, 11) is -3.56. The lowest BCUT2D eigenvalue weighted by molar-refractivity contribution is -0.114. The van der Waals surface area contributed by atoms with Crippen LogP contribution < -0.4 is 10.6 Å². The molecule has 1 fully saturated rings. The van der Waals surface area contributed by atoms with E-state index in [1.54, 1.807) is 18.2 Å². The van der Waals surface area contributed by atoms with E-state index in [2.05, 4.69) is 15.6 Å². The number of hydrogen-bond acceptors (Lipinski definition) is 6. The van der Waals surface area contributed by atoms with E-state index in [4.69, 9.17) is 0 Å². The summed E-state index contributed by atoms with van der Waals surface area (Å²) < 4.78 is 28.2. The van der Waals surface area contributed by atoms with Crippen LogP contribution in [0.1, 0.15) is 43.0 Å². The first-order valence-corrected chi connectivity index (χ1v) is 12.7. The van der Waals surface area contributed by atoms with Crippen molar-refractivity contribution >= 4 is 54.2 Å². The van der Waals surface area contributed by atoms with Gasteiger partial charge >= 0.3 is 0 Å². The molecular formula is C22H24N4O4S2. The molecule has 2 amide bonds. The highest BCUT2D eigenvalue weighted by atomic mass is 32.2. The molecule has 2 heterocycles. The van der Waals surface area contributed by atoms with E-state index in [0.717, 1.165) is 30.4 Å². The SMILES string of the molecule is CC(=O)Nc1ccc2nc(NC(=O)c3ccc(S(=O)(=O)N4CCCCCC4)cc3)sc2c1. The maximum absolute atomic E-state index is 12.9. The van der Waals surface area contributed by atoms with Crippen LogP contribution in [0.3, 0.4) is 0 Å². The molecule has 10 heteroatoms. The largest absolute Gasteiger partial charge is 0.326 e. The van der Waals surface area contributed by atoms with E-state index >= 15 is 0 Å². The van der Waals surface area contributed by atoms with Gasteiger partial charge in [-0.05, 0) is 55.3 Å². The average Bonchev–Trinajstić information content (AvgIpc) is 2.96. The molecule has 1 aromatic heterocycles. The standard InChI is InChI=1S/C22H24N4O4S2/c1-15(27)23-17-8-11-19-20(14-17)31-22(24-19)25-21(28)16-6-9-18(10-7-16)32(29,30)26-12-4-2-3-5-13-26/h6-11,14H,2-5,12-13H2,1H3,(H,23,27)(H,24,25,28). The van der Waals surface area contributed by atoms with Gasteiger partial charge in [-0.25, -0.2) is 13.4 Å². The van der Waals surface area contributed by atoms with E-state index in [-0.39, 0.29) is 16.7 Å². The van der Waals surface area contributed by atoms with Crippen LogP contribution in [0.5, 0.6) is 0 Å². The number of anilines is 2. The predicted octanol–water partition coefficient (Wildman–Crippen LogP) is 4.07. The molecule has 0 atom stereocenters. The molecule has 0 unspecified atom stereocenters. The topological polar surface area (TPSA) is 108 Å². The van der Waals surface area contributed by atoms with Crippen LogP contribution in [0.2, 0.25) is 0 Å². The number of carbonyl (C=O) groups is 2. The van der Waals surface area contributed by atoms with Crippen LogP contribution in [-0.2, 0) is 14.8 Å². The van der Waals surface area contributed by atoms with Crippen molar-refractivity contribution in [3.8, 4) is 0 Å². The molecule has 1 saturated heterocycles. The van der Waals surface area contributed by atoms with Crippen molar-refractivity contribution in [3.63, 3.8) is 0 Å². The molecule has 1 aliphatic rings. The zero-order chi connectivity index (χ0) is 22.7. The first-order chi connectivity index (χ1) is 15.3. The van der Waals surface area contributed by atoms with Crippen LogP contribution in [0.25, 0.3) is 10.2 Å². The fourth-order valence-electron chi connectivity index (χ4n) is 3.64. The molecule has 0 bridgehead atoms. The lowest BCUT2D eigenvalue weighted by atomic mass is 10.2. The Labute approximate surface area is 190 Å². The molecule has 0 radical (unpaired) electrons. The van der Waals surface area contributed by atoms with Crippen molar-refractivity contribution in [1.29, 1.82) is 0 Å². The third kappa shape index (κ3) is 4.98. The van der Waals surface area contributed by atoms with E-state index in [9.17, 15) is 18.0 Å². The molecule has 0 aliphatic carbocycles. The van der Waals surface area contributed by atoms with Gasteiger partial charge in [-0.2, -0.15) is 4.31 Å². The Balaban J connectivity index is 1.47. The number of nitrogens with zero attached hydrogens (tertiary/aromatic N) is 2. The molecule has 1 aliphatic heterocycles. The van der Waals surface area contributed by atoms with Gasteiger partial charge in [-0.1, -0.05) is 24.2 Å². The van der Waals surface area contributed by atoms with Crippen LogP contribution in [0, 0.1) is 0 Å². The van der Waals surface area contributed by atoms with E-state index in [1.807, 2.05) is 0 Å². The molecule has 4 rings (SSSR count). The van der Waals surface area contributed by atoms with E-state index < -0.39 is 10.0 Å². The zero-order valence-electron chi connectivity index (χ0n) is 17.6. The first-order valence-electron chi connectivity index (χ1n) is 10.4. The highest BCUT2D eigenvalue weighted by Gasteiger charge is 2.25. The number of rotatable bonds is 5. The molecular weight excluding hydrogens is 448 g/mol. The predicted molar refractivity (Wildman–Crippen MR) is 126 cm³/mol. The number of amides is 2. The minimum absolute atomic E-state index is 0.163. The first kappa shape index (κ1) is 22.4. The number of thiazole rings is 1. The summed E-state index contributed by atoms with van der Waals surface area (Å²) in [6, 6.07) is 11.3. The molecule has 32 heavy (non-hydrogen) atoms. The molecule has 8 nitrogen and oxygen atoms in total. The smallest absolute Gasteiger partial charge is 0.257 e. The third-order valence-corrected chi connectivity index (χ3v) is 8.10. The number of fused-ring (bicyclic) bond motifs is 1. The molecule has 3 aromatic rings. The van der Waals surface area contributed by atoms with Crippen LogP contribution in [0.15, 0.2) is 47.4 Å². The quantitative estimate of drug-likeness (QED) is 0.582. The Kier molecular flexibility index (Phi) is 6.54. The molecule has 0 saturated carbocycles. The Morgan fingerprint density at radius 3 is 2.31 bits per heavy atom. The van der Waals surface area contributed by atoms with E-state index in [1.165, 1.54) is 46.8 Å². The normalized spacial score (nSPS) is 15.3. The summed E-state index contributed by atoms with van der Waals surface area (Å²) in [5, 5.41) is 5.90. The Morgan fingerprint density at radius 2 is 1.66 bits per heavy atom. The Bertz CT molecular complexity index is 1240. The number of nitrogens with one attached hydrogen (secondary N) is 2.